The van der Waals surface area contributed by atoms with Gasteiger partial charge in [0.15, 0.2) is 5.70 Å². The third-order valence-electron chi connectivity index (χ3n) is 7.35. The maximum absolute atomic E-state index is 13.6. The number of aromatic nitrogens is 1. The molecule has 2 aromatic carbocycles. The minimum atomic E-state index is -0.633. The second-order valence-electron chi connectivity index (χ2n) is 10.2. The van der Waals surface area contributed by atoms with Gasteiger partial charge >= 0.3 is 0 Å². The molecule has 1 saturated heterocycles. The summed E-state index contributed by atoms with van der Waals surface area (Å²) in [5, 5.41) is 20.5. The zero-order valence-corrected chi connectivity index (χ0v) is 24.5. The molecule has 13 nitrogen and oxygen atoms in total. The molecule has 0 radical (unpaired) electrons. The fraction of sp³-hybridized carbons (Fsp3) is 0.393. The molecule has 1 fully saturated rings. The van der Waals surface area contributed by atoms with Crippen LogP contribution in [0, 0.1) is 10.1 Å². The lowest BCUT2D eigenvalue weighted by Gasteiger charge is -2.26. The lowest BCUT2D eigenvalue weighted by molar-refractivity contribution is -0.988. The van der Waals surface area contributed by atoms with Gasteiger partial charge in [-0.3, -0.25) is 24.6 Å². The summed E-state index contributed by atoms with van der Waals surface area (Å²) in [5.41, 5.74) is 9.22. The maximum Gasteiger partial charge on any atom is 0.293 e. The van der Waals surface area contributed by atoms with E-state index < -0.39 is 16.5 Å². The highest BCUT2D eigenvalue weighted by molar-refractivity contribution is 7.18. The summed E-state index contributed by atoms with van der Waals surface area (Å²) in [5.74, 6) is -1.13. The van der Waals surface area contributed by atoms with Gasteiger partial charge in [-0.2, -0.15) is 9.85 Å². The van der Waals surface area contributed by atoms with E-state index in [0.29, 0.717) is 25.9 Å². The zero-order chi connectivity index (χ0) is 29.8. The van der Waals surface area contributed by atoms with E-state index in [4.69, 9.17) is 15.6 Å². The van der Waals surface area contributed by atoms with E-state index in [9.17, 15) is 19.7 Å². The molecule has 42 heavy (non-hydrogen) atoms. The van der Waals surface area contributed by atoms with Crippen molar-refractivity contribution < 1.29 is 24.9 Å². The highest BCUT2D eigenvalue weighted by Gasteiger charge is 2.38. The number of nitro benzene ring substituents is 1. The predicted octanol–water partition coefficient (Wildman–Crippen LogP) is 1.57. The molecule has 1 aromatic heterocycles. The van der Waals surface area contributed by atoms with Gasteiger partial charge in [0.05, 0.1) is 35.3 Å². The Morgan fingerprint density at radius 3 is 2.69 bits per heavy atom. The number of thiazole rings is 1. The number of anilines is 1. The highest BCUT2D eigenvalue weighted by Crippen LogP contribution is 2.34. The summed E-state index contributed by atoms with van der Waals surface area (Å²) < 4.78 is 1.15. The number of nitro groups is 1. The molecule has 5 rings (SSSR count). The van der Waals surface area contributed by atoms with Crippen molar-refractivity contribution in [1.82, 2.24) is 20.2 Å². The summed E-state index contributed by atoms with van der Waals surface area (Å²) in [7, 11) is 1.45. The first-order valence-electron chi connectivity index (χ1n) is 13.9. The molecule has 6 N–H and O–H groups in total. The van der Waals surface area contributed by atoms with Crippen LogP contribution in [0.3, 0.4) is 0 Å². The number of fused-ring (bicyclic) bond motifs is 2. The smallest absolute Gasteiger partial charge is 0.293 e. The topological polar surface area (TPSA) is 173 Å². The number of carbonyl (C=O) groups is 2. The van der Waals surface area contributed by atoms with Crippen molar-refractivity contribution in [3.05, 3.63) is 73.5 Å². The summed E-state index contributed by atoms with van der Waals surface area (Å²) in [4.78, 5) is 50.4. The first-order valence-corrected chi connectivity index (χ1v) is 14.7. The molecule has 14 heteroatoms. The number of nitrogens with zero attached hydrogens (tertiary/aromatic N) is 4. The van der Waals surface area contributed by atoms with E-state index >= 15 is 0 Å². The fourth-order valence-corrected chi connectivity index (χ4v) is 6.33. The molecule has 0 amide bonds. The van der Waals surface area contributed by atoms with Crippen LogP contribution < -0.4 is 22.0 Å². The molecule has 1 aliphatic heterocycles. The number of quaternary nitrogens is 1. The average Bonchev–Trinajstić information content (AvgIpc) is 3.38. The Morgan fingerprint density at radius 2 is 1.98 bits per heavy atom. The van der Waals surface area contributed by atoms with Crippen molar-refractivity contribution in [2.75, 3.05) is 51.7 Å². The van der Waals surface area contributed by atoms with Crippen LogP contribution in [0.25, 0.3) is 10.2 Å². The molecular weight excluding hydrogens is 560 g/mol. The molecular formula is C28H35N8O5S+. The largest absolute Gasteiger partial charge is 0.394 e. The molecule has 0 spiro atoms. The number of piperazine rings is 1. The lowest BCUT2D eigenvalue weighted by Crippen LogP contribution is -2.92. The van der Waals surface area contributed by atoms with Crippen molar-refractivity contribution in [1.29, 1.82) is 0 Å². The van der Waals surface area contributed by atoms with E-state index in [1.807, 2.05) is 0 Å². The van der Waals surface area contributed by atoms with Crippen LogP contribution in [0.5, 0.6) is 0 Å². The number of Topliss-reactive ketones (excluding diaryl/α,β-unsaturated/α-hetero) is 2. The summed E-state index contributed by atoms with van der Waals surface area (Å²) in [6.07, 6.45) is 1.34. The van der Waals surface area contributed by atoms with Crippen LogP contribution in [0.15, 0.2) is 41.7 Å². The highest BCUT2D eigenvalue weighted by atomic mass is 32.1. The lowest BCUT2D eigenvalue weighted by atomic mass is 9.89. The SMILES string of the molecule is CCNc1cc2c(cc1[N+](=O)[O-])C(=O)C(N)=C(N(CCCc1ccc3sc(CN4CCNCC4)nc3c1)[NH2+]OC)C2=O. The number of benzene rings is 2. The number of hydrogen-bond acceptors (Lipinski definition) is 12. The number of aryl methyl sites for hydroxylation is 1. The van der Waals surface area contributed by atoms with Gasteiger partial charge in [-0.1, -0.05) is 6.07 Å². The number of nitrogens with one attached hydrogen (secondary N) is 2. The quantitative estimate of drug-likeness (QED) is 0.136. The second kappa shape index (κ2) is 12.9. The van der Waals surface area contributed by atoms with Gasteiger partial charge in [0.2, 0.25) is 11.6 Å². The number of carbonyl (C=O) groups excluding carboxylic acids is 2. The monoisotopic (exact) mass is 595 g/mol. The number of ketones is 2. The Balaban J connectivity index is 1.31. The van der Waals surface area contributed by atoms with E-state index in [2.05, 4.69) is 33.7 Å². The molecule has 2 heterocycles. The molecule has 222 valence electrons. The molecule has 2 aliphatic rings. The van der Waals surface area contributed by atoms with Gasteiger partial charge in [-0.05, 0) is 43.5 Å². The van der Waals surface area contributed by atoms with Crippen LogP contribution >= 0.6 is 11.3 Å². The van der Waals surface area contributed by atoms with Crippen molar-refractivity contribution >= 4 is 44.5 Å². The van der Waals surface area contributed by atoms with Crippen molar-refractivity contribution in [2.24, 2.45) is 5.73 Å². The molecule has 0 bridgehead atoms. The predicted molar refractivity (Wildman–Crippen MR) is 159 cm³/mol. The number of nitrogens with two attached hydrogens (primary N) is 2. The third kappa shape index (κ3) is 6.12. The summed E-state index contributed by atoms with van der Waals surface area (Å²) >= 11 is 1.72. The summed E-state index contributed by atoms with van der Waals surface area (Å²) in [6, 6.07) is 8.77. The Labute approximate surface area is 246 Å². The molecule has 1 aliphatic carbocycles. The Morgan fingerprint density at radius 1 is 1.21 bits per heavy atom. The molecule has 0 unspecified atom stereocenters. The number of hydrogen-bond donors (Lipinski definition) is 4. The molecule has 3 aromatic rings. The van der Waals surface area contributed by atoms with E-state index in [1.165, 1.54) is 18.8 Å². The number of allylic oxidation sites excluding steroid dienone is 2. The second-order valence-corrected chi connectivity index (χ2v) is 11.3. The van der Waals surface area contributed by atoms with Crippen LogP contribution in [-0.4, -0.2) is 77.8 Å². The van der Waals surface area contributed by atoms with Gasteiger partial charge < -0.3 is 16.4 Å². The maximum atomic E-state index is 13.6. The van der Waals surface area contributed by atoms with Gasteiger partial charge in [0.25, 0.3) is 5.69 Å². The normalized spacial score (nSPS) is 15.8. The van der Waals surface area contributed by atoms with E-state index in [0.717, 1.165) is 59.6 Å². The fourth-order valence-electron chi connectivity index (χ4n) is 5.34. The van der Waals surface area contributed by atoms with Crippen LogP contribution in [0.4, 0.5) is 11.4 Å². The third-order valence-corrected chi connectivity index (χ3v) is 8.37. The Bertz CT molecular complexity index is 1550. The van der Waals surface area contributed by atoms with E-state index in [-0.39, 0.29) is 33.9 Å². The van der Waals surface area contributed by atoms with Crippen molar-refractivity contribution in [3.63, 3.8) is 0 Å². The first-order chi connectivity index (χ1) is 20.3. The summed E-state index contributed by atoms with van der Waals surface area (Å²) in [6.45, 7) is 7.44. The minimum absolute atomic E-state index is 0.00170. The van der Waals surface area contributed by atoms with Crippen molar-refractivity contribution in [2.45, 2.75) is 26.3 Å². The Kier molecular flexibility index (Phi) is 9.09. The van der Waals surface area contributed by atoms with Crippen LogP contribution in [-0.2, 0) is 17.8 Å². The minimum Gasteiger partial charge on any atom is -0.394 e. The van der Waals surface area contributed by atoms with Crippen LogP contribution in [0.1, 0.15) is 44.6 Å². The van der Waals surface area contributed by atoms with Gasteiger partial charge in [0.1, 0.15) is 16.4 Å². The molecule has 0 atom stereocenters. The van der Waals surface area contributed by atoms with E-state index in [1.54, 1.807) is 23.3 Å². The molecule has 0 saturated carbocycles. The van der Waals surface area contributed by atoms with Crippen molar-refractivity contribution in [3.8, 4) is 0 Å². The number of rotatable bonds is 12. The zero-order valence-electron chi connectivity index (χ0n) is 23.6. The standard InChI is InChI=1S/C28H34N8O5S/c1-3-31-20-14-18-19(15-22(20)36(39)40)27(37)25(29)26(28(18)38)35(33-41-2)10-4-5-17-6-7-23-21(13-17)32-24(42-23)16-34-11-8-30-9-12-34/h6-7,13-15,30-31,33H,3-5,8-12,16,29H2,1-2H3/p+1. The van der Waals surface area contributed by atoms with Gasteiger partial charge in [-0.25, -0.2) is 4.98 Å². The average molecular weight is 596 g/mol. The van der Waals surface area contributed by atoms with Gasteiger partial charge in [-0.15, -0.1) is 16.9 Å². The Hall–Kier alpha value is -3.95. The van der Waals surface area contributed by atoms with Crippen LogP contribution in [0.2, 0.25) is 0 Å². The first kappa shape index (κ1) is 29.5. The van der Waals surface area contributed by atoms with Gasteiger partial charge in [0, 0.05) is 49.9 Å².